The number of aromatic nitrogens is 1. The van der Waals surface area contributed by atoms with Gasteiger partial charge in [0.1, 0.15) is 10.2 Å². The van der Waals surface area contributed by atoms with Gasteiger partial charge in [0.05, 0.1) is 10.4 Å². The molecule has 2 rings (SSSR count). The van der Waals surface area contributed by atoms with Crippen LogP contribution in [0.4, 0.5) is 0 Å². The molecular weight excluding hydrogens is 294 g/mol. The Morgan fingerprint density at radius 1 is 1.40 bits per heavy atom. The highest BCUT2D eigenvalue weighted by molar-refractivity contribution is 9.10. The van der Waals surface area contributed by atoms with Crippen LogP contribution in [0.15, 0.2) is 21.6 Å². The largest absolute Gasteiger partial charge is 0.379 e. The number of halogens is 1. The molecule has 0 bridgehead atoms. The van der Waals surface area contributed by atoms with Gasteiger partial charge in [0.2, 0.25) is 0 Å². The molecule has 2 nitrogen and oxygen atoms in total. The van der Waals surface area contributed by atoms with Crippen molar-refractivity contribution in [2.45, 2.75) is 19.4 Å². The molecule has 0 fully saturated rings. The van der Waals surface area contributed by atoms with E-state index in [9.17, 15) is 5.11 Å². The van der Waals surface area contributed by atoms with Crippen LogP contribution in [0, 0.1) is 6.92 Å². The van der Waals surface area contributed by atoms with Gasteiger partial charge in [-0.3, -0.25) is 0 Å². The molecule has 0 radical (unpaired) electrons. The van der Waals surface area contributed by atoms with E-state index >= 15 is 0 Å². The first kappa shape index (κ1) is 11.3. The molecule has 1 unspecified atom stereocenters. The second-order valence-electron chi connectivity index (χ2n) is 3.48. The molecule has 2 heterocycles. The van der Waals surface area contributed by atoms with Crippen molar-refractivity contribution in [3.63, 3.8) is 0 Å². The minimum Gasteiger partial charge on any atom is -0.379 e. The van der Waals surface area contributed by atoms with Crippen molar-refractivity contribution < 1.29 is 5.11 Å². The van der Waals surface area contributed by atoms with Gasteiger partial charge in [0, 0.05) is 4.88 Å². The Morgan fingerprint density at radius 3 is 2.60 bits per heavy atom. The van der Waals surface area contributed by atoms with Gasteiger partial charge in [0.25, 0.3) is 0 Å². The maximum absolute atomic E-state index is 10.5. The lowest BCUT2D eigenvalue weighted by atomic mass is 10.0. The monoisotopic (exact) mass is 303 g/mol. The zero-order valence-electron chi connectivity index (χ0n) is 8.32. The molecular formula is C10H10BrNOS2. The summed E-state index contributed by atoms with van der Waals surface area (Å²) < 4.78 is 0.727. The molecule has 0 aliphatic carbocycles. The van der Waals surface area contributed by atoms with Gasteiger partial charge in [-0.1, -0.05) is 0 Å². The van der Waals surface area contributed by atoms with Crippen molar-refractivity contribution in [2.75, 3.05) is 0 Å². The Balaban J connectivity index is 2.53. The van der Waals surface area contributed by atoms with E-state index in [0.29, 0.717) is 0 Å². The van der Waals surface area contributed by atoms with E-state index in [-0.39, 0.29) is 0 Å². The summed E-state index contributed by atoms with van der Waals surface area (Å²) in [7, 11) is 0. The van der Waals surface area contributed by atoms with Gasteiger partial charge in [-0.2, -0.15) is 0 Å². The number of rotatable bonds is 2. The normalized spacial score (nSPS) is 15.2. The second-order valence-corrected chi connectivity index (χ2v) is 6.00. The van der Waals surface area contributed by atoms with Gasteiger partial charge in [0.15, 0.2) is 0 Å². The summed E-state index contributed by atoms with van der Waals surface area (Å²) in [6.07, 6.45) is 0. The van der Waals surface area contributed by atoms with E-state index in [1.165, 1.54) is 11.3 Å². The Hall–Kier alpha value is -0.230. The highest BCUT2D eigenvalue weighted by Gasteiger charge is 2.32. The first-order valence-electron chi connectivity index (χ1n) is 4.40. The van der Waals surface area contributed by atoms with Gasteiger partial charge in [-0.05, 0) is 46.8 Å². The Morgan fingerprint density at radius 2 is 2.13 bits per heavy atom. The van der Waals surface area contributed by atoms with Crippen molar-refractivity contribution in [3.8, 4) is 0 Å². The lowest BCUT2D eigenvalue weighted by Gasteiger charge is -2.21. The third-order valence-electron chi connectivity index (χ3n) is 2.27. The van der Waals surface area contributed by atoms with Gasteiger partial charge < -0.3 is 5.11 Å². The molecule has 0 saturated carbocycles. The maximum Gasteiger partial charge on any atom is 0.133 e. The number of hydrogen-bond acceptors (Lipinski definition) is 4. The van der Waals surface area contributed by atoms with Crippen LogP contribution in [0.25, 0.3) is 0 Å². The van der Waals surface area contributed by atoms with Crippen molar-refractivity contribution >= 4 is 38.6 Å². The molecule has 0 aromatic carbocycles. The fourth-order valence-corrected chi connectivity index (χ4v) is 4.23. The molecule has 80 valence electrons. The van der Waals surface area contributed by atoms with Crippen molar-refractivity contribution in [1.82, 2.24) is 4.98 Å². The van der Waals surface area contributed by atoms with Crippen molar-refractivity contribution in [1.29, 1.82) is 0 Å². The van der Waals surface area contributed by atoms with Crippen LogP contribution in [0.5, 0.6) is 0 Å². The van der Waals surface area contributed by atoms with E-state index in [2.05, 4.69) is 20.9 Å². The van der Waals surface area contributed by atoms with E-state index in [1.807, 2.05) is 25.3 Å². The minimum atomic E-state index is -0.946. The average Bonchev–Trinajstić information content (AvgIpc) is 2.73. The van der Waals surface area contributed by atoms with E-state index in [0.717, 1.165) is 19.9 Å². The van der Waals surface area contributed by atoms with Crippen molar-refractivity contribution in [2.24, 2.45) is 0 Å². The summed E-state index contributed by atoms with van der Waals surface area (Å²) in [5.41, 5.74) is 1.90. The van der Waals surface area contributed by atoms with Crippen LogP contribution < -0.4 is 0 Å². The highest BCUT2D eigenvalue weighted by Crippen LogP contribution is 2.39. The molecule has 0 aliphatic rings. The van der Waals surface area contributed by atoms with Gasteiger partial charge >= 0.3 is 0 Å². The third-order valence-corrected chi connectivity index (χ3v) is 5.40. The van der Waals surface area contributed by atoms with E-state index < -0.39 is 5.60 Å². The molecule has 1 N–H and O–H groups in total. The Bertz CT molecular complexity index is 433. The molecule has 5 heteroatoms. The Kier molecular flexibility index (Phi) is 2.98. The fraction of sp³-hybridized carbons (Fsp3) is 0.300. The fourth-order valence-electron chi connectivity index (χ4n) is 1.52. The zero-order chi connectivity index (χ0) is 11.1. The topological polar surface area (TPSA) is 33.1 Å². The molecule has 2 aromatic heterocycles. The number of nitrogens with zero attached hydrogens (tertiary/aromatic N) is 1. The molecule has 0 aliphatic heterocycles. The lowest BCUT2D eigenvalue weighted by Crippen LogP contribution is -2.21. The molecule has 2 aromatic rings. The SMILES string of the molecule is Cc1ccsc1C(C)(O)c1scnc1Br. The molecule has 0 saturated heterocycles. The van der Waals surface area contributed by atoms with Crippen molar-refractivity contribution in [3.05, 3.63) is 36.9 Å². The summed E-state index contributed by atoms with van der Waals surface area (Å²) in [5.74, 6) is 0. The summed E-state index contributed by atoms with van der Waals surface area (Å²) in [6.45, 7) is 3.82. The van der Waals surface area contributed by atoms with Crippen LogP contribution in [-0.2, 0) is 5.60 Å². The van der Waals surface area contributed by atoms with Crippen LogP contribution in [0.3, 0.4) is 0 Å². The van der Waals surface area contributed by atoms with Crippen LogP contribution >= 0.6 is 38.6 Å². The first-order chi connectivity index (χ1) is 7.03. The summed E-state index contributed by atoms with van der Waals surface area (Å²) in [5, 5.41) is 12.5. The lowest BCUT2D eigenvalue weighted by molar-refractivity contribution is 0.109. The molecule has 1 atom stereocenters. The predicted molar refractivity (Wildman–Crippen MR) is 67.5 cm³/mol. The number of hydrogen-bond donors (Lipinski definition) is 1. The number of aliphatic hydroxyl groups is 1. The average molecular weight is 304 g/mol. The number of thiazole rings is 1. The summed E-state index contributed by atoms with van der Waals surface area (Å²) in [4.78, 5) is 5.94. The summed E-state index contributed by atoms with van der Waals surface area (Å²) in [6, 6.07) is 2.02. The third kappa shape index (κ3) is 1.89. The Labute approximate surface area is 105 Å². The van der Waals surface area contributed by atoms with Gasteiger partial charge in [-0.25, -0.2) is 4.98 Å². The van der Waals surface area contributed by atoms with E-state index in [1.54, 1.807) is 16.8 Å². The zero-order valence-corrected chi connectivity index (χ0v) is 11.5. The summed E-state index contributed by atoms with van der Waals surface area (Å²) >= 11 is 6.39. The number of thiophene rings is 1. The van der Waals surface area contributed by atoms with Crippen LogP contribution in [-0.4, -0.2) is 10.1 Å². The molecule has 15 heavy (non-hydrogen) atoms. The molecule has 0 amide bonds. The maximum atomic E-state index is 10.5. The van der Waals surface area contributed by atoms with Crippen LogP contribution in [0.1, 0.15) is 22.2 Å². The number of aryl methyl sites for hydroxylation is 1. The standard InChI is InChI=1S/C10H10BrNOS2/c1-6-3-4-14-7(6)10(2,13)8-9(11)12-5-15-8/h3-5,13H,1-2H3. The quantitative estimate of drug-likeness (QED) is 0.920. The smallest absolute Gasteiger partial charge is 0.133 e. The second kappa shape index (κ2) is 3.97. The minimum absolute atomic E-state index is 0.727. The predicted octanol–water partition coefficient (Wildman–Crippen LogP) is 3.53. The highest BCUT2D eigenvalue weighted by atomic mass is 79.9. The first-order valence-corrected chi connectivity index (χ1v) is 6.95. The van der Waals surface area contributed by atoms with E-state index in [4.69, 9.17) is 0 Å². The van der Waals surface area contributed by atoms with Gasteiger partial charge in [-0.15, -0.1) is 22.7 Å². The molecule has 0 spiro atoms. The van der Waals surface area contributed by atoms with Crippen LogP contribution in [0.2, 0.25) is 0 Å².